The summed E-state index contributed by atoms with van der Waals surface area (Å²) in [5.74, 6) is 0.525. The van der Waals surface area contributed by atoms with Crippen LogP contribution in [0.3, 0.4) is 0 Å². The molecule has 0 saturated carbocycles. The van der Waals surface area contributed by atoms with Crippen LogP contribution in [0.15, 0.2) is 21.3 Å². The zero-order valence-electron chi connectivity index (χ0n) is 6.23. The van der Waals surface area contributed by atoms with Crippen LogP contribution >= 0.6 is 15.9 Å². The van der Waals surface area contributed by atoms with E-state index < -0.39 is 0 Å². The van der Waals surface area contributed by atoms with E-state index in [0.717, 1.165) is 4.47 Å². The summed E-state index contributed by atoms with van der Waals surface area (Å²) < 4.78 is 7.52. The largest absolute Gasteiger partial charge is 0.407 e. The number of hydrogen-bond acceptors (Lipinski definition) is 4. The van der Waals surface area contributed by atoms with Gasteiger partial charge in [0.05, 0.1) is 10.7 Å². The Morgan fingerprint density at radius 2 is 2.33 bits per heavy atom. The predicted octanol–water partition coefficient (Wildman–Crippen LogP) is 1.33. The van der Waals surface area contributed by atoms with Crippen LogP contribution in [-0.2, 0) is 0 Å². The van der Waals surface area contributed by atoms with Gasteiger partial charge in [0.1, 0.15) is 0 Å². The molecule has 0 N–H and O–H groups in total. The summed E-state index contributed by atoms with van der Waals surface area (Å²) in [4.78, 5) is 0. The topological polar surface area (TPSA) is 56.7 Å². The normalized spacial score (nSPS) is 10.5. The number of rotatable bonds is 1. The molecule has 2 rings (SSSR count). The van der Waals surface area contributed by atoms with E-state index in [9.17, 15) is 0 Å². The number of halogens is 1. The average molecular weight is 229 g/mol. The first kappa shape index (κ1) is 7.48. The highest BCUT2D eigenvalue weighted by Crippen LogP contribution is 2.10. The summed E-state index contributed by atoms with van der Waals surface area (Å²) in [6, 6.07) is 0.373. The monoisotopic (exact) mass is 228 g/mol. The number of nitrogens with zero attached hydrogens (tertiary/aromatic N) is 4. The summed E-state index contributed by atoms with van der Waals surface area (Å²) in [5.41, 5.74) is 0. The van der Waals surface area contributed by atoms with Gasteiger partial charge >= 0.3 is 6.01 Å². The smallest absolute Gasteiger partial charge is 0.343 e. The van der Waals surface area contributed by atoms with Crippen LogP contribution in [0.2, 0.25) is 0 Å². The molecule has 0 unspecified atom stereocenters. The van der Waals surface area contributed by atoms with Crippen molar-refractivity contribution in [2.75, 3.05) is 0 Å². The lowest BCUT2D eigenvalue weighted by atomic mass is 10.7. The Bertz CT molecular complexity index is 355. The van der Waals surface area contributed by atoms with E-state index >= 15 is 0 Å². The molecule has 0 aromatic carbocycles. The molecule has 0 aliphatic carbocycles. The third-order valence-corrected chi connectivity index (χ3v) is 1.67. The zero-order valence-corrected chi connectivity index (χ0v) is 7.82. The maximum atomic E-state index is 5.14. The van der Waals surface area contributed by atoms with E-state index in [1.54, 1.807) is 19.3 Å². The van der Waals surface area contributed by atoms with Crippen molar-refractivity contribution in [3.63, 3.8) is 0 Å². The van der Waals surface area contributed by atoms with Crippen LogP contribution in [0.5, 0.6) is 0 Å². The Morgan fingerprint density at radius 1 is 1.50 bits per heavy atom. The number of aromatic nitrogens is 4. The third kappa shape index (κ3) is 1.25. The second-order valence-corrected chi connectivity index (χ2v) is 3.12. The van der Waals surface area contributed by atoms with Crippen LogP contribution in [0, 0.1) is 6.92 Å². The molecule has 0 atom stereocenters. The molecule has 2 aromatic heterocycles. The molecular formula is C6H5BrN4O. The Morgan fingerprint density at radius 3 is 2.83 bits per heavy atom. The molecule has 62 valence electrons. The quantitative estimate of drug-likeness (QED) is 0.739. The van der Waals surface area contributed by atoms with Gasteiger partial charge in [0.2, 0.25) is 5.89 Å². The van der Waals surface area contributed by atoms with E-state index in [4.69, 9.17) is 4.42 Å². The second-order valence-electron chi connectivity index (χ2n) is 2.21. The van der Waals surface area contributed by atoms with Gasteiger partial charge in [0, 0.05) is 13.1 Å². The first-order valence-corrected chi connectivity index (χ1v) is 4.05. The minimum atomic E-state index is 0.373. The molecule has 6 heteroatoms. The van der Waals surface area contributed by atoms with Crippen LogP contribution in [0.1, 0.15) is 5.89 Å². The predicted molar refractivity (Wildman–Crippen MR) is 43.9 cm³/mol. The lowest BCUT2D eigenvalue weighted by molar-refractivity contribution is 0.482. The fourth-order valence-electron chi connectivity index (χ4n) is 0.784. The Hall–Kier alpha value is -1.17. The van der Waals surface area contributed by atoms with Crippen LogP contribution in [0.4, 0.5) is 0 Å². The van der Waals surface area contributed by atoms with Crippen molar-refractivity contribution in [2.24, 2.45) is 0 Å². The molecule has 0 spiro atoms. The van der Waals surface area contributed by atoms with Gasteiger partial charge in [-0.05, 0) is 15.9 Å². The second kappa shape index (κ2) is 2.71. The molecule has 0 radical (unpaired) electrons. The zero-order chi connectivity index (χ0) is 8.55. The molecule has 0 bridgehead atoms. The Kier molecular flexibility index (Phi) is 1.69. The molecule has 0 aliphatic heterocycles. The van der Waals surface area contributed by atoms with Crippen molar-refractivity contribution in [1.82, 2.24) is 20.0 Å². The maximum Gasteiger partial charge on any atom is 0.343 e. The van der Waals surface area contributed by atoms with Gasteiger partial charge in [0.25, 0.3) is 0 Å². The van der Waals surface area contributed by atoms with Gasteiger partial charge in [-0.3, -0.25) is 0 Å². The highest BCUT2D eigenvalue weighted by atomic mass is 79.9. The van der Waals surface area contributed by atoms with E-state index in [2.05, 4.69) is 31.2 Å². The van der Waals surface area contributed by atoms with Crippen molar-refractivity contribution < 1.29 is 4.42 Å². The van der Waals surface area contributed by atoms with E-state index in [-0.39, 0.29) is 0 Å². The van der Waals surface area contributed by atoms with Gasteiger partial charge in [0.15, 0.2) is 0 Å². The van der Waals surface area contributed by atoms with E-state index in [1.165, 1.54) is 4.68 Å². The van der Waals surface area contributed by atoms with Crippen molar-refractivity contribution in [2.45, 2.75) is 6.92 Å². The van der Waals surface area contributed by atoms with Crippen molar-refractivity contribution >= 4 is 15.9 Å². The van der Waals surface area contributed by atoms with Gasteiger partial charge in [-0.2, -0.15) is 9.78 Å². The fourth-order valence-corrected chi connectivity index (χ4v) is 1.07. The van der Waals surface area contributed by atoms with E-state index in [0.29, 0.717) is 11.9 Å². The Labute approximate surface area is 76.5 Å². The summed E-state index contributed by atoms with van der Waals surface area (Å²) in [5, 5.41) is 11.4. The molecule has 0 amide bonds. The highest BCUT2D eigenvalue weighted by Gasteiger charge is 2.05. The van der Waals surface area contributed by atoms with E-state index in [1.807, 2.05) is 0 Å². The van der Waals surface area contributed by atoms with Crippen molar-refractivity contribution in [1.29, 1.82) is 0 Å². The van der Waals surface area contributed by atoms with Gasteiger partial charge in [-0.15, -0.1) is 5.10 Å². The molecule has 2 aromatic rings. The van der Waals surface area contributed by atoms with Gasteiger partial charge in [-0.25, -0.2) is 0 Å². The van der Waals surface area contributed by atoms with Gasteiger partial charge < -0.3 is 4.42 Å². The summed E-state index contributed by atoms with van der Waals surface area (Å²) in [6.45, 7) is 1.73. The fraction of sp³-hybridized carbons (Fsp3) is 0.167. The first-order chi connectivity index (χ1) is 5.75. The van der Waals surface area contributed by atoms with Crippen LogP contribution < -0.4 is 0 Å². The standard InChI is InChI=1S/C6H5BrN4O/c1-4-9-10-6(12-4)11-3-5(7)2-8-11/h2-3H,1H3. The molecule has 5 nitrogen and oxygen atoms in total. The first-order valence-electron chi connectivity index (χ1n) is 3.26. The highest BCUT2D eigenvalue weighted by molar-refractivity contribution is 9.10. The van der Waals surface area contributed by atoms with Gasteiger partial charge in [-0.1, -0.05) is 5.10 Å². The minimum absolute atomic E-state index is 0.373. The molecule has 0 saturated heterocycles. The van der Waals surface area contributed by atoms with Crippen LogP contribution in [0.25, 0.3) is 6.01 Å². The Balaban J connectivity index is 2.43. The van der Waals surface area contributed by atoms with Crippen molar-refractivity contribution in [3.05, 3.63) is 22.8 Å². The van der Waals surface area contributed by atoms with Crippen molar-refractivity contribution in [3.8, 4) is 6.01 Å². The molecule has 0 fully saturated rings. The maximum absolute atomic E-state index is 5.14. The summed E-state index contributed by atoms with van der Waals surface area (Å²) in [7, 11) is 0. The number of hydrogen-bond donors (Lipinski definition) is 0. The lowest BCUT2D eigenvalue weighted by Crippen LogP contribution is -1.93. The number of aryl methyl sites for hydroxylation is 1. The SMILES string of the molecule is Cc1nnc(-n2cc(Br)cn2)o1. The average Bonchev–Trinajstić information content (AvgIpc) is 2.58. The minimum Gasteiger partial charge on any atom is -0.407 e. The molecule has 0 aliphatic rings. The molecule has 2 heterocycles. The summed E-state index contributed by atoms with van der Waals surface area (Å²) in [6.07, 6.45) is 3.40. The third-order valence-electron chi connectivity index (χ3n) is 1.26. The summed E-state index contributed by atoms with van der Waals surface area (Å²) >= 11 is 3.26. The molecule has 12 heavy (non-hydrogen) atoms. The molecular weight excluding hydrogens is 224 g/mol. The van der Waals surface area contributed by atoms with Crippen LogP contribution in [-0.4, -0.2) is 20.0 Å². The lowest BCUT2D eigenvalue weighted by Gasteiger charge is -1.88.